The van der Waals surface area contributed by atoms with Gasteiger partial charge in [0, 0.05) is 0 Å². The number of urea groups is 1. The van der Waals surface area contributed by atoms with Crippen LogP contribution in [0.4, 0.5) is 13.6 Å². The number of amides is 4. The van der Waals surface area contributed by atoms with Gasteiger partial charge in [-0.25, -0.2) is 4.79 Å². The van der Waals surface area contributed by atoms with Crippen LogP contribution in [0.15, 0.2) is 24.3 Å². The van der Waals surface area contributed by atoms with E-state index in [0.717, 1.165) is 17.7 Å². The third-order valence-corrected chi connectivity index (χ3v) is 4.88. The largest absolute Gasteiger partial charge is 0.435 e. The lowest BCUT2D eigenvalue weighted by Crippen LogP contribution is -2.47. The van der Waals surface area contributed by atoms with Crippen LogP contribution in [0.25, 0.3) is 0 Å². The van der Waals surface area contributed by atoms with Gasteiger partial charge in [-0.2, -0.15) is 8.78 Å². The summed E-state index contributed by atoms with van der Waals surface area (Å²) in [4.78, 5) is 38.5. The molecule has 1 aliphatic rings. The van der Waals surface area contributed by atoms with Crippen molar-refractivity contribution in [2.75, 3.05) is 6.54 Å². The highest BCUT2D eigenvalue weighted by Gasteiger charge is 2.50. The third kappa shape index (κ3) is 5.42. The molecule has 0 radical (unpaired) electrons. The summed E-state index contributed by atoms with van der Waals surface area (Å²) < 4.78 is 28.7. The molecule has 7 nitrogen and oxygen atoms in total. The predicted octanol–water partition coefficient (Wildman–Crippen LogP) is 3.36. The lowest BCUT2D eigenvalue weighted by molar-refractivity contribution is -0.135. The summed E-state index contributed by atoms with van der Waals surface area (Å²) in [5, 5.41) is 5.48. The number of nitrogens with one attached hydrogen (secondary N) is 2. The Kier molecular flexibility index (Phi) is 7.53. The summed E-state index contributed by atoms with van der Waals surface area (Å²) in [6.07, 6.45) is 2.50. The lowest BCUT2D eigenvalue weighted by Gasteiger charge is -2.25. The second-order valence-electron chi connectivity index (χ2n) is 7.14. The molecule has 0 bridgehead atoms. The van der Waals surface area contributed by atoms with Crippen LogP contribution >= 0.6 is 0 Å². The Labute approximate surface area is 168 Å². The van der Waals surface area contributed by atoms with Gasteiger partial charge < -0.3 is 15.4 Å². The Bertz CT molecular complexity index is 734. The Morgan fingerprint density at radius 2 is 1.76 bits per heavy atom. The number of hydrogen-bond donors (Lipinski definition) is 2. The third-order valence-electron chi connectivity index (χ3n) is 4.88. The second-order valence-corrected chi connectivity index (χ2v) is 7.14. The number of rotatable bonds is 10. The molecule has 1 aliphatic heterocycles. The molecule has 1 aromatic rings. The van der Waals surface area contributed by atoms with Gasteiger partial charge in [0.15, 0.2) is 0 Å². The van der Waals surface area contributed by atoms with E-state index >= 15 is 0 Å². The molecule has 9 heteroatoms. The first-order chi connectivity index (χ1) is 13.7. The van der Waals surface area contributed by atoms with Crippen molar-refractivity contribution in [3.05, 3.63) is 29.8 Å². The molecule has 0 aromatic heterocycles. The topological polar surface area (TPSA) is 87.7 Å². The summed E-state index contributed by atoms with van der Waals surface area (Å²) in [5.41, 5.74) is -0.268. The molecular formula is C20H27F2N3O4. The number of carbonyl (C=O) groups is 3. The van der Waals surface area contributed by atoms with Gasteiger partial charge in [-0.05, 0) is 37.5 Å². The van der Waals surface area contributed by atoms with E-state index in [-0.39, 0.29) is 18.2 Å². The van der Waals surface area contributed by atoms with E-state index in [2.05, 4.69) is 15.4 Å². The van der Waals surface area contributed by atoms with Gasteiger partial charge >= 0.3 is 12.6 Å². The van der Waals surface area contributed by atoms with Crippen LogP contribution in [-0.2, 0) is 9.59 Å². The number of nitrogens with zero attached hydrogens (tertiary/aromatic N) is 1. The summed E-state index contributed by atoms with van der Waals surface area (Å²) in [6.45, 7) is 2.30. The van der Waals surface area contributed by atoms with Crippen LogP contribution in [0, 0.1) is 0 Å². The van der Waals surface area contributed by atoms with Crippen molar-refractivity contribution >= 4 is 17.8 Å². The van der Waals surface area contributed by atoms with Crippen molar-refractivity contribution in [2.45, 2.75) is 64.6 Å². The molecule has 1 saturated heterocycles. The zero-order chi connectivity index (χ0) is 21.6. The quantitative estimate of drug-likeness (QED) is 0.578. The highest BCUT2D eigenvalue weighted by Crippen LogP contribution is 2.28. The first-order valence-electron chi connectivity index (χ1n) is 9.70. The van der Waals surface area contributed by atoms with Gasteiger partial charge in [0.05, 0.1) is 6.04 Å². The predicted molar refractivity (Wildman–Crippen MR) is 102 cm³/mol. The molecule has 1 aromatic carbocycles. The van der Waals surface area contributed by atoms with Gasteiger partial charge in [-0.3, -0.25) is 14.5 Å². The van der Waals surface area contributed by atoms with Crippen LogP contribution < -0.4 is 15.4 Å². The van der Waals surface area contributed by atoms with Crippen molar-refractivity contribution in [3.8, 4) is 5.75 Å². The van der Waals surface area contributed by atoms with E-state index in [1.54, 1.807) is 19.1 Å². The maximum atomic E-state index is 12.8. The SMILES string of the molecule is CCCC1(CCC)NC(=O)N(CC(=O)NC(C)c2ccc(OC(F)F)cc2)C1=O. The van der Waals surface area contributed by atoms with Gasteiger partial charge in [-0.15, -0.1) is 0 Å². The average molecular weight is 411 g/mol. The number of imide groups is 1. The number of alkyl halides is 2. The first kappa shape index (κ1) is 22.6. The van der Waals surface area contributed by atoms with Crippen molar-refractivity contribution in [3.63, 3.8) is 0 Å². The molecule has 1 unspecified atom stereocenters. The zero-order valence-corrected chi connectivity index (χ0v) is 16.8. The molecule has 160 valence electrons. The van der Waals surface area contributed by atoms with Crippen LogP contribution in [0.2, 0.25) is 0 Å². The average Bonchev–Trinajstić information content (AvgIpc) is 2.86. The van der Waals surface area contributed by atoms with Crippen LogP contribution in [0.1, 0.15) is 58.1 Å². The van der Waals surface area contributed by atoms with Gasteiger partial charge in [0.25, 0.3) is 5.91 Å². The maximum Gasteiger partial charge on any atom is 0.387 e. The van der Waals surface area contributed by atoms with E-state index in [9.17, 15) is 23.2 Å². The van der Waals surface area contributed by atoms with E-state index in [1.807, 2.05) is 13.8 Å². The summed E-state index contributed by atoms with van der Waals surface area (Å²) >= 11 is 0. The molecule has 1 fully saturated rings. The van der Waals surface area contributed by atoms with Gasteiger partial charge in [-0.1, -0.05) is 38.8 Å². The smallest absolute Gasteiger partial charge is 0.387 e. The fourth-order valence-corrected chi connectivity index (χ4v) is 3.59. The summed E-state index contributed by atoms with van der Waals surface area (Å²) in [7, 11) is 0. The molecule has 1 atom stereocenters. The molecule has 1 heterocycles. The lowest BCUT2D eigenvalue weighted by atomic mass is 9.88. The number of benzene rings is 1. The maximum absolute atomic E-state index is 12.8. The second kappa shape index (κ2) is 9.67. The normalized spacial score (nSPS) is 16.7. The van der Waals surface area contributed by atoms with Gasteiger partial charge in [0.2, 0.25) is 5.91 Å². The summed E-state index contributed by atoms with van der Waals surface area (Å²) in [5.74, 6) is -0.843. The Hall–Kier alpha value is -2.71. The molecule has 0 saturated carbocycles. The first-order valence-corrected chi connectivity index (χ1v) is 9.70. The van der Waals surface area contributed by atoms with E-state index in [1.165, 1.54) is 12.1 Å². The highest BCUT2D eigenvalue weighted by atomic mass is 19.3. The minimum absolute atomic E-state index is 0.0183. The van der Waals surface area contributed by atoms with Crippen molar-refractivity contribution < 1.29 is 27.9 Å². The van der Waals surface area contributed by atoms with Crippen molar-refractivity contribution in [1.82, 2.24) is 15.5 Å². The van der Waals surface area contributed by atoms with Crippen molar-refractivity contribution in [2.24, 2.45) is 0 Å². The van der Waals surface area contributed by atoms with Crippen LogP contribution in [-0.4, -0.2) is 41.4 Å². The molecule has 2 rings (SSSR count). The monoisotopic (exact) mass is 411 g/mol. The molecule has 2 N–H and O–H groups in total. The Balaban J connectivity index is 1.99. The van der Waals surface area contributed by atoms with Gasteiger partial charge in [0.1, 0.15) is 17.8 Å². The van der Waals surface area contributed by atoms with E-state index in [4.69, 9.17) is 0 Å². The highest BCUT2D eigenvalue weighted by molar-refractivity contribution is 6.09. The zero-order valence-electron chi connectivity index (χ0n) is 16.8. The Morgan fingerprint density at radius 3 is 2.28 bits per heavy atom. The molecule has 0 aliphatic carbocycles. The van der Waals surface area contributed by atoms with E-state index in [0.29, 0.717) is 18.4 Å². The molecule has 29 heavy (non-hydrogen) atoms. The minimum atomic E-state index is -2.91. The van der Waals surface area contributed by atoms with Crippen LogP contribution in [0.3, 0.4) is 0 Å². The molecule has 0 spiro atoms. The fraction of sp³-hybridized carbons (Fsp3) is 0.550. The fourth-order valence-electron chi connectivity index (χ4n) is 3.59. The standard InChI is InChI=1S/C20H27F2N3O4/c1-4-10-20(11-5-2)17(27)25(19(28)24-20)12-16(26)23-13(3)14-6-8-15(9-7-14)29-18(21)22/h6-9,13,18H,4-5,10-12H2,1-3H3,(H,23,26)(H,24,28). The number of carbonyl (C=O) groups excluding carboxylic acids is 3. The minimum Gasteiger partial charge on any atom is -0.435 e. The number of ether oxygens (including phenoxy) is 1. The Morgan fingerprint density at radius 1 is 1.17 bits per heavy atom. The van der Waals surface area contributed by atoms with Crippen LogP contribution in [0.5, 0.6) is 5.75 Å². The number of hydrogen-bond acceptors (Lipinski definition) is 4. The molecular weight excluding hydrogens is 384 g/mol. The number of halogens is 2. The van der Waals surface area contributed by atoms with E-state index < -0.39 is 30.1 Å². The van der Waals surface area contributed by atoms with Crippen molar-refractivity contribution in [1.29, 1.82) is 0 Å². The summed E-state index contributed by atoms with van der Waals surface area (Å²) in [6, 6.07) is 4.87. The molecule has 4 amide bonds.